The molecule has 8 aromatic rings. The van der Waals surface area contributed by atoms with E-state index in [1.54, 1.807) is 0 Å². The topological polar surface area (TPSA) is 47.4 Å². The summed E-state index contributed by atoms with van der Waals surface area (Å²) in [6, 6.07) is 39.6. The van der Waals surface area contributed by atoms with Gasteiger partial charge < -0.3 is 15.0 Å². The molecule has 3 heterocycles. The molecule has 202 valence electrons. The third kappa shape index (κ3) is 3.89. The minimum absolute atomic E-state index is 0.706. The summed E-state index contributed by atoms with van der Waals surface area (Å²) in [7, 11) is 0. The Bertz CT molecular complexity index is 2270. The zero-order valence-corrected chi connectivity index (χ0v) is 24.2. The Balaban J connectivity index is 1.52. The highest BCUT2D eigenvalue weighted by atomic mass is 35.5. The second kappa shape index (κ2) is 9.70. The Morgan fingerprint density at radius 1 is 0.476 bits per heavy atom. The van der Waals surface area contributed by atoms with Gasteiger partial charge in [0.25, 0.3) is 0 Å². The summed E-state index contributed by atoms with van der Waals surface area (Å²) in [6.07, 6.45) is 0. The van der Waals surface area contributed by atoms with Gasteiger partial charge in [-0.05, 0) is 66.1 Å². The number of hydrogen-bond donors (Lipinski definition) is 3. The van der Waals surface area contributed by atoms with Crippen LogP contribution in [-0.2, 0) is 0 Å². The van der Waals surface area contributed by atoms with Gasteiger partial charge in [0.15, 0.2) is 0 Å². The third-order valence-corrected chi connectivity index (χ3v) is 8.65. The molecule has 8 rings (SSSR count). The van der Waals surface area contributed by atoms with E-state index in [0.717, 1.165) is 83.2 Å². The first-order valence-corrected chi connectivity index (χ1v) is 14.7. The second-order valence-electron chi connectivity index (χ2n) is 10.7. The molecule has 0 aliphatic heterocycles. The lowest BCUT2D eigenvalue weighted by Crippen LogP contribution is -1.88. The standard InChI is InChI=1S/C37H25Cl2N3/c1-21-32(35-28-20-25(39)16-18-30(28)42-37(35)23-11-6-3-7-12-23)34-26(13-8-14-31(34)40-21)33-27-19-24(38)15-17-29(27)41-36(33)22-9-4-2-5-10-22/h2-20,40-42H,1H3. The SMILES string of the molecule is Cc1[nH]c2cccc(-c3c(-c4ccccc4)[nH]c4ccc(Cl)cc34)c2c1-c1c(-c2ccccc2)[nH]c2ccc(Cl)cc12. The van der Waals surface area contributed by atoms with E-state index in [-0.39, 0.29) is 0 Å². The summed E-state index contributed by atoms with van der Waals surface area (Å²) in [4.78, 5) is 11.1. The second-order valence-corrected chi connectivity index (χ2v) is 11.6. The first kappa shape index (κ1) is 25.0. The van der Waals surface area contributed by atoms with Crippen LogP contribution in [0.4, 0.5) is 0 Å². The van der Waals surface area contributed by atoms with Gasteiger partial charge in [0, 0.05) is 65.1 Å². The van der Waals surface area contributed by atoms with Crippen LogP contribution in [0.15, 0.2) is 115 Å². The highest BCUT2D eigenvalue weighted by Crippen LogP contribution is 2.49. The van der Waals surface area contributed by atoms with E-state index < -0.39 is 0 Å². The molecule has 0 radical (unpaired) electrons. The van der Waals surface area contributed by atoms with Crippen LogP contribution in [-0.4, -0.2) is 15.0 Å². The first-order valence-electron chi connectivity index (χ1n) is 13.9. The maximum atomic E-state index is 6.61. The predicted octanol–water partition coefficient (Wildman–Crippen LogP) is 11.4. The molecule has 0 aliphatic rings. The average molecular weight is 583 g/mol. The predicted molar refractivity (Wildman–Crippen MR) is 179 cm³/mol. The highest BCUT2D eigenvalue weighted by molar-refractivity contribution is 6.32. The summed E-state index contributed by atoms with van der Waals surface area (Å²) in [5.41, 5.74) is 13.2. The van der Waals surface area contributed by atoms with Gasteiger partial charge >= 0.3 is 0 Å². The summed E-state index contributed by atoms with van der Waals surface area (Å²) in [5, 5.41) is 4.75. The van der Waals surface area contributed by atoms with Gasteiger partial charge in [-0.3, -0.25) is 0 Å². The van der Waals surface area contributed by atoms with Crippen LogP contribution in [0.2, 0.25) is 10.0 Å². The van der Waals surface area contributed by atoms with Crippen molar-refractivity contribution >= 4 is 55.9 Å². The van der Waals surface area contributed by atoms with Gasteiger partial charge in [-0.1, -0.05) is 96.0 Å². The number of aryl methyl sites for hydroxylation is 1. The molecule has 0 saturated carbocycles. The number of benzene rings is 5. The van der Waals surface area contributed by atoms with Crippen molar-refractivity contribution in [1.29, 1.82) is 0 Å². The summed E-state index contributed by atoms with van der Waals surface area (Å²) in [5.74, 6) is 0. The van der Waals surface area contributed by atoms with E-state index in [4.69, 9.17) is 23.2 Å². The lowest BCUT2D eigenvalue weighted by molar-refractivity contribution is 1.30. The lowest BCUT2D eigenvalue weighted by Gasteiger charge is -2.12. The van der Waals surface area contributed by atoms with Crippen LogP contribution < -0.4 is 0 Å². The van der Waals surface area contributed by atoms with Crippen molar-refractivity contribution in [1.82, 2.24) is 15.0 Å². The van der Waals surface area contributed by atoms with Gasteiger partial charge in [-0.2, -0.15) is 0 Å². The molecule has 0 spiro atoms. The number of rotatable bonds is 4. The maximum absolute atomic E-state index is 6.61. The Labute approximate surface area is 252 Å². The van der Waals surface area contributed by atoms with E-state index >= 15 is 0 Å². The number of nitrogens with one attached hydrogen (secondary N) is 3. The van der Waals surface area contributed by atoms with E-state index in [1.807, 2.05) is 24.3 Å². The van der Waals surface area contributed by atoms with E-state index in [1.165, 1.54) is 0 Å². The summed E-state index contributed by atoms with van der Waals surface area (Å²) < 4.78 is 0. The quantitative estimate of drug-likeness (QED) is 0.185. The molecular weight excluding hydrogens is 557 g/mol. The number of aromatic amines is 3. The van der Waals surface area contributed by atoms with Crippen molar-refractivity contribution in [2.75, 3.05) is 0 Å². The number of hydrogen-bond acceptors (Lipinski definition) is 0. The Hall–Kier alpha value is -4.70. The molecule has 3 aromatic heterocycles. The third-order valence-electron chi connectivity index (χ3n) is 8.18. The molecular formula is C37H25Cl2N3. The molecule has 0 bridgehead atoms. The minimum atomic E-state index is 0.706. The van der Waals surface area contributed by atoms with Gasteiger partial charge in [-0.25, -0.2) is 0 Å². The van der Waals surface area contributed by atoms with Gasteiger partial charge in [0.2, 0.25) is 0 Å². The van der Waals surface area contributed by atoms with Crippen molar-refractivity contribution in [3.63, 3.8) is 0 Å². The molecule has 0 saturated heterocycles. The van der Waals surface area contributed by atoms with Crippen molar-refractivity contribution in [2.24, 2.45) is 0 Å². The largest absolute Gasteiger partial charge is 0.358 e. The van der Waals surface area contributed by atoms with Crippen molar-refractivity contribution in [2.45, 2.75) is 6.92 Å². The van der Waals surface area contributed by atoms with E-state index in [2.05, 4.69) is 113 Å². The normalized spacial score (nSPS) is 11.7. The van der Waals surface area contributed by atoms with Crippen LogP contribution in [0.1, 0.15) is 5.69 Å². The molecule has 0 fully saturated rings. The molecule has 0 aliphatic carbocycles. The average Bonchev–Trinajstić information content (AvgIpc) is 3.68. The Kier molecular flexibility index (Phi) is 5.78. The molecule has 3 nitrogen and oxygen atoms in total. The van der Waals surface area contributed by atoms with Crippen molar-refractivity contribution in [3.8, 4) is 44.8 Å². The van der Waals surface area contributed by atoms with Crippen LogP contribution in [0.3, 0.4) is 0 Å². The van der Waals surface area contributed by atoms with Crippen molar-refractivity contribution < 1.29 is 0 Å². The molecule has 42 heavy (non-hydrogen) atoms. The monoisotopic (exact) mass is 581 g/mol. The molecule has 0 unspecified atom stereocenters. The smallest absolute Gasteiger partial charge is 0.0545 e. The van der Waals surface area contributed by atoms with Gasteiger partial charge in [0.1, 0.15) is 0 Å². The fraction of sp³-hybridized carbons (Fsp3) is 0.0270. The fourth-order valence-electron chi connectivity index (χ4n) is 6.41. The van der Waals surface area contributed by atoms with Crippen LogP contribution in [0.25, 0.3) is 77.5 Å². The Morgan fingerprint density at radius 3 is 1.62 bits per heavy atom. The number of halogens is 2. The lowest BCUT2D eigenvalue weighted by atomic mass is 9.90. The van der Waals surface area contributed by atoms with E-state index in [0.29, 0.717) is 10.0 Å². The number of H-pyrrole nitrogens is 3. The number of aromatic nitrogens is 3. The molecule has 0 atom stereocenters. The van der Waals surface area contributed by atoms with Crippen LogP contribution in [0, 0.1) is 6.92 Å². The van der Waals surface area contributed by atoms with Gasteiger partial charge in [0.05, 0.1) is 11.4 Å². The zero-order chi connectivity index (χ0) is 28.4. The van der Waals surface area contributed by atoms with Crippen molar-refractivity contribution in [3.05, 3.63) is 131 Å². The number of fused-ring (bicyclic) bond motifs is 3. The van der Waals surface area contributed by atoms with Crippen LogP contribution in [0.5, 0.6) is 0 Å². The zero-order valence-electron chi connectivity index (χ0n) is 22.7. The Morgan fingerprint density at radius 2 is 1.02 bits per heavy atom. The first-order chi connectivity index (χ1) is 20.6. The van der Waals surface area contributed by atoms with E-state index in [9.17, 15) is 0 Å². The van der Waals surface area contributed by atoms with Gasteiger partial charge in [-0.15, -0.1) is 0 Å². The molecule has 5 heteroatoms. The maximum Gasteiger partial charge on any atom is 0.0545 e. The summed E-state index contributed by atoms with van der Waals surface area (Å²) in [6.45, 7) is 2.15. The minimum Gasteiger partial charge on any atom is -0.358 e. The molecule has 5 aromatic carbocycles. The summed E-state index contributed by atoms with van der Waals surface area (Å²) >= 11 is 13.2. The molecule has 3 N–H and O–H groups in total. The highest BCUT2D eigenvalue weighted by Gasteiger charge is 2.25. The van der Waals surface area contributed by atoms with Crippen LogP contribution >= 0.6 is 23.2 Å². The fourth-order valence-corrected chi connectivity index (χ4v) is 6.75. The molecule has 0 amide bonds.